The van der Waals surface area contributed by atoms with E-state index in [9.17, 15) is 14.7 Å². The number of amides is 1. The van der Waals surface area contributed by atoms with E-state index in [1.165, 1.54) is 11.3 Å². The first kappa shape index (κ1) is 16.5. The summed E-state index contributed by atoms with van der Waals surface area (Å²) in [5.74, 6) is -2.29. The molecular formula is C16H16ClNO3S. The van der Waals surface area contributed by atoms with Crippen molar-refractivity contribution in [2.24, 2.45) is 0 Å². The fourth-order valence-electron chi connectivity index (χ4n) is 2.08. The summed E-state index contributed by atoms with van der Waals surface area (Å²) in [6.45, 7) is 1.83. The van der Waals surface area contributed by atoms with Crippen LogP contribution in [-0.4, -0.2) is 23.5 Å². The summed E-state index contributed by atoms with van der Waals surface area (Å²) in [4.78, 5) is 24.4. The molecule has 1 amide bonds. The molecule has 4 nitrogen and oxygen atoms in total. The molecule has 2 N–H and O–H groups in total. The Morgan fingerprint density at radius 3 is 2.45 bits per heavy atom. The molecule has 2 rings (SSSR count). The maximum atomic E-state index is 12.2. The molecule has 0 saturated heterocycles. The molecule has 1 heterocycles. The molecule has 1 aromatic heterocycles. The Hall–Kier alpha value is -1.85. The van der Waals surface area contributed by atoms with Gasteiger partial charge in [0.05, 0.1) is 16.2 Å². The third-order valence-electron chi connectivity index (χ3n) is 3.39. The molecule has 22 heavy (non-hydrogen) atoms. The summed E-state index contributed by atoms with van der Waals surface area (Å²) in [5.41, 5.74) is 0.669. The van der Waals surface area contributed by atoms with Crippen molar-refractivity contribution in [3.8, 4) is 0 Å². The second kappa shape index (κ2) is 7.42. The Labute approximate surface area is 137 Å². The van der Waals surface area contributed by atoms with E-state index >= 15 is 0 Å². The molecule has 2 unspecified atom stereocenters. The normalized spacial score (nSPS) is 13.4. The Balaban J connectivity index is 2.00. The number of benzene rings is 1. The summed E-state index contributed by atoms with van der Waals surface area (Å²) in [7, 11) is 0. The van der Waals surface area contributed by atoms with E-state index in [1.54, 1.807) is 37.3 Å². The number of carboxylic acid groups (broad SMARTS) is 1. The SMILES string of the molecule is CC(C(=O)NCC(C(=O)O)c1ccccc1)c1ccc(Cl)s1. The lowest BCUT2D eigenvalue weighted by Gasteiger charge is -2.16. The third-order valence-corrected chi connectivity index (χ3v) is 4.81. The van der Waals surface area contributed by atoms with Gasteiger partial charge in [-0.25, -0.2) is 0 Å². The first-order chi connectivity index (χ1) is 10.5. The summed E-state index contributed by atoms with van der Waals surface area (Å²) < 4.78 is 0.627. The van der Waals surface area contributed by atoms with Crippen LogP contribution in [0.15, 0.2) is 42.5 Å². The lowest BCUT2D eigenvalue weighted by molar-refractivity contribution is -0.138. The number of thiophene rings is 1. The highest BCUT2D eigenvalue weighted by molar-refractivity contribution is 7.16. The van der Waals surface area contributed by atoms with Gasteiger partial charge in [0.15, 0.2) is 0 Å². The van der Waals surface area contributed by atoms with Crippen molar-refractivity contribution >= 4 is 34.8 Å². The van der Waals surface area contributed by atoms with Crippen LogP contribution in [0.4, 0.5) is 0 Å². The Morgan fingerprint density at radius 1 is 1.23 bits per heavy atom. The van der Waals surface area contributed by atoms with Crippen LogP contribution < -0.4 is 5.32 Å². The van der Waals surface area contributed by atoms with Crippen molar-refractivity contribution in [2.75, 3.05) is 6.54 Å². The van der Waals surface area contributed by atoms with Crippen molar-refractivity contribution in [1.29, 1.82) is 0 Å². The van der Waals surface area contributed by atoms with Crippen LogP contribution >= 0.6 is 22.9 Å². The molecule has 6 heteroatoms. The molecule has 1 aromatic carbocycles. The predicted octanol–water partition coefficient (Wildman–Crippen LogP) is 3.49. The molecule has 0 aliphatic rings. The molecule has 0 fully saturated rings. The highest BCUT2D eigenvalue weighted by Gasteiger charge is 2.23. The molecule has 0 spiro atoms. The maximum absolute atomic E-state index is 12.2. The van der Waals surface area contributed by atoms with E-state index in [0.717, 1.165) is 4.88 Å². The molecule has 2 aromatic rings. The molecule has 116 valence electrons. The zero-order valence-corrected chi connectivity index (χ0v) is 13.5. The number of carboxylic acids is 1. The zero-order valence-electron chi connectivity index (χ0n) is 12.0. The lowest BCUT2D eigenvalue weighted by atomic mass is 9.99. The minimum Gasteiger partial charge on any atom is -0.481 e. The van der Waals surface area contributed by atoms with Gasteiger partial charge < -0.3 is 10.4 Å². The van der Waals surface area contributed by atoms with Gasteiger partial charge in [-0.3, -0.25) is 9.59 Å². The average molecular weight is 338 g/mol. The van der Waals surface area contributed by atoms with Crippen molar-refractivity contribution in [3.05, 3.63) is 57.2 Å². The minimum atomic E-state index is -0.960. The zero-order chi connectivity index (χ0) is 16.1. The maximum Gasteiger partial charge on any atom is 0.312 e. The van der Waals surface area contributed by atoms with Crippen LogP contribution in [0.25, 0.3) is 0 Å². The summed E-state index contributed by atoms with van der Waals surface area (Å²) in [5, 5.41) is 12.0. The standard InChI is InChI=1S/C16H16ClNO3S/c1-10(13-7-8-14(17)22-13)15(19)18-9-12(16(20)21)11-5-3-2-4-6-11/h2-8,10,12H,9H2,1H3,(H,18,19)(H,20,21). The van der Waals surface area contributed by atoms with Crippen LogP contribution in [0.3, 0.4) is 0 Å². The molecule has 0 bridgehead atoms. The van der Waals surface area contributed by atoms with Gasteiger partial charge in [-0.05, 0) is 24.6 Å². The first-order valence-electron chi connectivity index (χ1n) is 6.79. The van der Waals surface area contributed by atoms with E-state index in [0.29, 0.717) is 9.90 Å². The number of halogens is 1. The van der Waals surface area contributed by atoms with Crippen LogP contribution in [0.2, 0.25) is 4.34 Å². The van der Waals surface area contributed by atoms with Crippen LogP contribution in [-0.2, 0) is 9.59 Å². The fourth-order valence-corrected chi connectivity index (χ4v) is 3.19. The van der Waals surface area contributed by atoms with Crippen molar-refractivity contribution in [1.82, 2.24) is 5.32 Å². The van der Waals surface area contributed by atoms with E-state index in [2.05, 4.69) is 5.32 Å². The summed E-state index contributed by atoms with van der Waals surface area (Å²) in [6, 6.07) is 12.4. The fraction of sp³-hybridized carbons (Fsp3) is 0.250. The van der Waals surface area contributed by atoms with E-state index < -0.39 is 11.9 Å². The van der Waals surface area contributed by atoms with Gasteiger partial charge in [0.2, 0.25) is 5.91 Å². The number of hydrogen-bond donors (Lipinski definition) is 2. The van der Waals surface area contributed by atoms with Crippen molar-refractivity contribution in [3.63, 3.8) is 0 Å². The number of rotatable bonds is 6. The quantitative estimate of drug-likeness (QED) is 0.848. The largest absolute Gasteiger partial charge is 0.481 e. The molecule has 0 aliphatic carbocycles. The van der Waals surface area contributed by atoms with Gasteiger partial charge in [-0.15, -0.1) is 11.3 Å². The third kappa shape index (κ3) is 4.08. The van der Waals surface area contributed by atoms with E-state index in [-0.39, 0.29) is 18.4 Å². The predicted molar refractivity (Wildman–Crippen MR) is 87.6 cm³/mol. The van der Waals surface area contributed by atoms with Gasteiger partial charge in [0.25, 0.3) is 0 Å². The Morgan fingerprint density at radius 2 is 1.91 bits per heavy atom. The first-order valence-corrected chi connectivity index (χ1v) is 7.99. The smallest absolute Gasteiger partial charge is 0.312 e. The number of carbonyl (C=O) groups excluding carboxylic acids is 1. The second-order valence-electron chi connectivity index (χ2n) is 4.91. The van der Waals surface area contributed by atoms with Gasteiger partial charge >= 0.3 is 5.97 Å². The highest BCUT2D eigenvalue weighted by Crippen LogP contribution is 2.28. The van der Waals surface area contributed by atoms with Crippen molar-refractivity contribution < 1.29 is 14.7 Å². The molecular weight excluding hydrogens is 322 g/mol. The summed E-state index contributed by atoms with van der Waals surface area (Å²) >= 11 is 7.22. The Kier molecular flexibility index (Phi) is 5.57. The molecule has 0 radical (unpaired) electrons. The summed E-state index contributed by atoms with van der Waals surface area (Å²) in [6.07, 6.45) is 0. The van der Waals surface area contributed by atoms with E-state index in [1.807, 2.05) is 12.1 Å². The van der Waals surface area contributed by atoms with Gasteiger partial charge in [-0.1, -0.05) is 41.9 Å². The number of hydrogen-bond acceptors (Lipinski definition) is 3. The number of carbonyl (C=O) groups is 2. The lowest BCUT2D eigenvalue weighted by Crippen LogP contribution is -2.34. The van der Waals surface area contributed by atoms with Gasteiger partial charge in [0, 0.05) is 11.4 Å². The second-order valence-corrected chi connectivity index (χ2v) is 6.66. The van der Waals surface area contributed by atoms with Crippen LogP contribution in [0.5, 0.6) is 0 Å². The number of nitrogens with one attached hydrogen (secondary N) is 1. The molecule has 0 saturated carbocycles. The van der Waals surface area contributed by atoms with E-state index in [4.69, 9.17) is 11.6 Å². The molecule has 0 aliphatic heterocycles. The van der Waals surface area contributed by atoms with Crippen molar-refractivity contribution in [2.45, 2.75) is 18.8 Å². The topological polar surface area (TPSA) is 66.4 Å². The highest BCUT2D eigenvalue weighted by atomic mass is 35.5. The van der Waals surface area contributed by atoms with Crippen LogP contribution in [0.1, 0.15) is 29.2 Å². The monoisotopic (exact) mass is 337 g/mol. The number of aliphatic carboxylic acids is 1. The van der Waals surface area contributed by atoms with Crippen LogP contribution in [0, 0.1) is 0 Å². The van der Waals surface area contributed by atoms with Gasteiger partial charge in [-0.2, -0.15) is 0 Å². The minimum absolute atomic E-state index is 0.0572. The molecule has 2 atom stereocenters. The average Bonchev–Trinajstić information content (AvgIpc) is 2.93. The Bertz CT molecular complexity index is 656. The van der Waals surface area contributed by atoms with Gasteiger partial charge in [0.1, 0.15) is 0 Å².